The Balaban J connectivity index is 1.90. The van der Waals surface area contributed by atoms with Crippen LogP contribution in [-0.4, -0.2) is 12.1 Å². The van der Waals surface area contributed by atoms with Gasteiger partial charge in [-0.3, -0.25) is 0 Å². The summed E-state index contributed by atoms with van der Waals surface area (Å²) in [5.41, 5.74) is 2.91. The predicted octanol–water partition coefficient (Wildman–Crippen LogP) is 4.48. The van der Waals surface area contributed by atoms with Crippen molar-refractivity contribution in [1.29, 1.82) is 0 Å². The van der Waals surface area contributed by atoms with E-state index in [0.717, 1.165) is 18.4 Å². The Morgan fingerprint density at radius 2 is 1.95 bits per heavy atom. The van der Waals surface area contributed by atoms with Crippen LogP contribution < -0.4 is 5.32 Å². The van der Waals surface area contributed by atoms with E-state index in [1.807, 2.05) is 0 Å². The molecule has 19 heavy (non-hydrogen) atoms. The van der Waals surface area contributed by atoms with Gasteiger partial charge in [-0.1, -0.05) is 50.5 Å². The molecule has 1 nitrogen and oxygen atoms in total. The monoisotopic (exact) mass is 259 g/mol. The topological polar surface area (TPSA) is 12.0 Å². The van der Waals surface area contributed by atoms with Gasteiger partial charge < -0.3 is 5.32 Å². The second-order valence-corrected chi connectivity index (χ2v) is 6.26. The molecule has 106 valence electrons. The van der Waals surface area contributed by atoms with Crippen LogP contribution >= 0.6 is 0 Å². The van der Waals surface area contributed by atoms with Crippen LogP contribution in [0.4, 0.5) is 0 Å². The molecule has 1 aromatic rings. The molecule has 3 unspecified atom stereocenters. The van der Waals surface area contributed by atoms with E-state index in [0.29, 0.717) is 6.04 Å². The molecule has 0 spiro atoms. The third-order valence-electron chi connectivity index (χ3n) is 4.72. The lowest BCUT2D eigenvalue weighted by atomic mass is 9.82. The Morgan fingerprint density at radius 1 is 1.21 bits per heavy atom. The van der Waals surface area contributed by atoms with E-state index in [4.69, 9.17) is 0 Å². The standard InChI is InChI=1S/C18H29N/c1-4-16-10-7-8-12-18(16)19-15(3)13-17-11-6-5-9-14(17)2/h5-6,9,11,15-16,18-19H,4,7-8,10,12-13H2,1-3H3. The van der Waals surface area contributed by atoms with Gasteiger partial charge in [0, 0.05) is 12.1 Å². The number of aryl methyl sites for hydroxylation is 1. The lowest BCUT2D eigenvalue weighted by molar-refractivity contribution is 0.239. The molecule has 1 aliphatic rings. The first-order valence-electron chi connectivity index (χ1n) is 8.01. The Morgan fingerprint density at radius 3 is 2.68 bits per heavy atom. The summed E-state index contributed by atoms with van der Waals surface area (Å²) in [5, 5.41) is 3.90. The van der Waals surface area contributed by atoms with Crippen molar-refractivity contribution < 1.29 is 0 Å². The molecule has 0 heterocycles. The maximum Gasteiger partial charge on any atom is 0.00978 e. The molecule has 1 aromatic carbocycles. The van der Waals surface area contributed by atoms with Gasteiger partial charge in [0.05, 0.1) is 0 Å². The van der Waals surface area contributed by atoms with E-state index in [2.05, 4.69) is 50.4 Å². The minimum Gasteiger partial charge on any atom is -0.311 e. The molecule has 0 aromatic heterocycles. The quantitative estimate of drug-likeness (QED) is 0.822. The minimum atomic E-state index is 0.582. The largest absolute Gasteiger partial charge is 0.311 e. The molecule has 1 saturated carbocycles. The zero-order chi connectivity index (χ0) is 13.7. The van der Waals surface area contributed by atoms with Crippen LogP contribution in [0.1, 0.15) is 57.1 Å². The average molecular weight is 259 g/mol. The summed E-state index contributed by atoms with van der Waals surface area (Å²) in [4.78, 5) is 0. The van der Waals surface area contributed by atoms with Gasteiger partial charge in [-0.25, -0.2) is 0 Å². The Kier molecular flexibility index (Phi) is 5.45. The molecule has 2 rings (SSSR count). The summed E-state index contributed by atoms with van der Waals surface area (Å²) in [7, 11) is 0. The lowest BCUT2D eigenvalue weighted by Gasteiger charge is -2.34. The van der Waals surface area contributed by atoms with Crippen LogP contribution in [0.15, 0.2) is 24.3 Å². The van der Waals surface area contributed by atoms with Crippen molar-refractivity contribution in [2.75, 3.05) is 0 Å². The van der Waals surface area contributed by atoms with E-state index in [-0.39, 0.29) is 0 Å². The highest BCUT2D eigenvalue weighted by Crippen LogP contribution is 2.27. The molecular weight excluding hydrogens is 230 g/mol. The fourth-order valence-electron chi connectivity index (χ4n) is 3.51. The van der Waals surface area contributed by atoms with Crippen LogP contribution in [0.5, 0.6) is 0 Å². The molecule has 0 saturated heterocycles. The van der Waals surface area contributed by atoms with Gasteiger partial charge >= 0.3 is 0 Å². The first kappa shape index (κ1) is 14.6. The summed E-state index contributed by atoms with van der Waals surface area (Å²) in [6.07, 6.45) is 8.12. The SMILES string of the molecule is CCC1CCCCC1NC(C)Cc1ccccc1C. The Hall–Kier alpha value is -0.820. The summed E-state index contributed by atoms with van der Waals surface area (Å²) < 4.78 is 0. The molecule has 3 atom stereocenters. The van der Waals surface area contributed by atoms with Crippen molar-refractivity contribution in [1.82, 2.24) is 5.32 Å². The second kappa shape index (κ2) is 7.09. The first-order chi connectivity index (χ1) is 9.20. The van der Waals surface area contributed by atoms with Gasteiger partial charge in [0.25, 0.3) is 0 Å². The highest BCUT2D eigenvalue weighted by Gasteiger charge is 2.24. The number of hydrogen-bond acceptors (Lipinski definition) is 1. The number of hydrogen-bond donors (Lipinski definition) is 1. The van der Waals surface area contributed by atoms with Crippen molar-refractivity contribution >= 4 is 0 Å². The molecule has 1 fully saturated rings. The van der Waals surface area contributed by atoms with Crippen molar-refractivity contribution in [3.63, 3.8) is 0 Å². The van der Waals surface area contributed by atoms with Crippen molar-refractivity contribution in [3.8, 4) is 0 Å². The molecule has 0 aliphatic heterocycles. The van der Waals surface area contributed by atoms with Crippen LogP contribution in [0.3, 0.4) is 0 Å². The normalized spacial score (nSPS) is 25.2. The minimum absolute atomic E-state index is 0.582. The van der Waals surface area contributed by atoms with Crippen molar-refractivity contribution in [2.24, 2.45) is 5.92 Å². The summed E-state index contributed by atoms with van der Waals surface area (Å²) >= 11 is 0. The van der Waals surface area contributed by atoms with Gasteiger partial charge in [-0.05, 0) is 50.2 Å². The summed E-state index contributed by atoms with van der Waals surface area (Å²) in [6, 6.07) is 10.1. The smallest absolute Gasteiger partial charge is 0.00978 e. The molecule has 0 radical (unpaired) electrons. The van der Waals surface area contributed by atoms with E-state index in [9.17, 15) is 0 Å². The van der Waals surface area contributed by atoms with Crippen LogP contribution in [0, 0.1) is 12.8 Å². The summed E-state index contributed by atoms with van der Waals surface area (Å²) in [5.74, 6) is 0.896. The van der Waals surface area contributed by atoms with Crippen molar-refractivity contribution in [3.05, 3.63) is 35.4 Å². The van der Waals surface area contributed by atoms with E-state index in [1.165, 1.54) is 43.2 Å². The van der Waals surface area contributed by atoms with Gasteiger partial charge in [-0.2, -0.15) is 0 Å². The molecule has 0 bridgehead atoms. The van der Waals surface area contributed by atoms with E-state index >= 15 is 0 Å². The maximum atomic E-state index is 3.90. The molecule has 1 heteroatoms. The van der Waals surface area contributed by atoms with Crippen LogP contribution in [0.2, 0.25) is 0 Å². The van der Waals surface area contributed by atoms with Crippen molar-refractivity contribution in [2.45, 2.75) is 71.4 Å². The molecule has 0 amide bonds. The van der Waals surface area contributed by atoms with Gasteiger partial charge in [0.2, 0.25) is 0 Å². The van der Waals surface area contributed by atoms with Crippen LogP contribution in [0.25, 0.3) is 0 Å². The number of benzene rings is 1. The van der Waals surface area contributed by atoms with Gasteiger partial charge in [0.1, 0.15) is 0 Å². The number of nitrogens with one attached hydrogen (secondary N) is 1. The number of rotatable bonds is 5. The van der Waals surface area contributed by atoms with Crippen LogP contribution in [-0.2, 0) is 6.42 Å². The van der Waals surface area contributed by atoms with E-state index < -0.39 is 0 Å². The molecular formula is C18H29N. The first-order valence-corrected chi connectivity index (χ1v) is 8.01. The third-order valence-corrected chi connectivity index (χ3v) is 4.72. The fourth-order valence-corrected chi connectivity index (χ4v) is 3.51. The average Bonchev–Trinajstić information content (AvgIpc) is 2.42. The molecule has 1 N–H and O–H groups in total. The zero-order valence-electron chi connectivity index (χ0n) is 12.8. The zero-order valence-corrected chi connectivity index (χ0v) is 12.8. The highest BCUT2D eigenvalue weighted by molar-refractivity contribution is 5.26. The second-order valence-electron chi connectivity index (χ2n) is 6.26. The lowest BCUT2D eigenvalue weighted by Crippen LogP contribution is -2.44. The Bertz CT molecular complexity index is 385. The van der Waals surface area contributed by atoms with Gasteiger partial charge in [0.15, 0.2) is 0 Å². The fraction of sp³-hybridized carbons (Fsp3) is 0.667. The Labute approximate surface area is 118 Å². The third kappa shape index (κ3) is 4.07. The molecule has 1 aliphatic carbocycles. The van der Waals surface area contributed by atoms with Gasteiger partial charge in [-0.15, -0.1) is 0 Å². The maximum absolute atomic E-state index is 3.90. The summed E-state index contributed by atoms with van der Waals surface area (Å²) in [6.45, 7) is 6.90. The van der Waals surface area contributed by atoms with E-state index in [1.54, 1.807) is 0 Å². The highest BCUT2D eigenvalue weighted by atomic mass is 15.0. The predicted molar refractivity (Wildman–Crippen MR) is 83.5 cm³/mol.